The van der Waals surface area contributed by atoms with Gasteiger partial charge in [0.1, 0.15) is 12.2 Å². The first kappa shape index (κ1) is 16.8. The topological polar surface area (TPSA) is 131 Å². The van der Waals surface area contributed by atoms with Crippen LogP contribution in [0.3, 0.4) is 0 Å². The van der Waals surface area contributed by atoms with E-state index in [2.05, 4.69) is 35.4 Å². The third kappa shape index (κ3) is 3.53. The molecule has 136 valence electrons. The molecule has 0 unspecified atom stereocenters. The van der Waals surface area contributed by atoms with E-state index in [9.17, 15) is 8.42 Å². The van der Waals surface area contributed by atoms with E-state index in [4.69, 9.17) is 0 Å². The number of aryl methyl sites for hydroxylation is 1. The van der Waals surface area contributed by atoms with E-state index in [-0.39, 0.29) is 4.90 Å². The Hall–Kier alpha value is -3.60. The molecule has 4 aromatic rings. The predicted octanol–water partition coefficient (Wildman–Crippen LogP) is 1.56. The Labute approximate surface area is 154 Å². The highest BCUT2D eigenvalue weighted by molar-refractivity contribution is 7.92. The molecule has 4 rings (SSSR count). The first-order valence-electron chi connectivity index (χ1n) is 7.87. The molecule has 10 nitrogen and oxygen atoms in total. The number of nitrogens with one attached hydrogen (secondary N) is 2. The fourth-order valence-corrected chi connectivity index (χ4v) is 3.54. The van der Waals surface area contributed by atoms with Crippen molar-refractivity contribution in [2.45, 2.75) is 11.8 Å². The first-order valence-corrected chi connectivity index (χ1v) is 9.35. The second-order valence-electron chi connectivity index (χ2n) is 5.68. The first-order chi connectivity index (χ1) is 13.0. The standard InChI is InChI=1S/C16H14N8O2S/c1-11-18-16(20-19-11)12-5-7-13(8-6-12)21-27(25,26)15-4-2-3-14(9-15)24-10-17-22-23-24/h2-10,21H,1H3,(H,18,19,20). The van der Waals surface area contributed by atoms with Crippen molar-refractivity contribution < 1.29 is 8.42 Å². The Morgan fingerprint density at radius 1 is 1.11 bits per heavy atom. The van der Waals surface area contributed by atoms with Crippen LogP contribution in [0.4, 0.5) is 5.69 Å². The molecule has 0 aliphatic carbocycles. The quantitative estimate of drug-likeness (QED) is 0.535. The van der Waals surface area contributed by atoms with Gasteiger partial charge in [-0.25, -0.2) is 18.1 Å². The van der Waals surface area contributed by atoms with Crippen LogP contribution in [0.5, 0.6) is 0 Å². The molecule has 11 heteroatoms. The molecule has 0 bridgehead atoms. The van der Waals surface area contributed by atoms with Crippen molar-refractivity contribution >= 4 is 15.7 Å². The van der Waals surface area contributed by atoms with Crippen LogP contribution in [0.15, 0.2) is 59.8 Å². The van der Waals surface area contributed by atoms with E-state index in [1.54, 1.807) is 36.4 Å². The highest BCUT2D eigenvalue weighted by atomic mass is 32.2. The molecule has 0 spiro atoms. The van der Waals surface area contributed by atoms with Crippen molar-refractivity contribution in [2.75, 3.05) is 4.72 Å². The van der Waals surface area contributed by atoms with E-state index in [1.165, 1.54) is 23.1 Å². The molecule has 0 radical (unpaired) electrons. The Bertz CT molecular complexity index is 1170. The molecule has 0 saturated carbocycles. The lowest BCUT2D eigenvalue weighted by atomic mass is 10.2. The summed E-state index contributed by atoms with van der Waals surface area (Å²) in [6, 6.07) is 13.1. The minimum absolute atomic E-state index is 0.101. The van der Waals surface area contributed by atoms with Gasteiger partial charge in [0.2, 0.25) is 0 Å². The van der Waals surface area contributed by atoms with Crippen molar-refractivity contribution in [3.63, 3.8) is 0 Å². The Kier molecular flexibility index (Phi) is 4.12. The summed E-state index contributed by atoms with van der Waals surface area (Å²) in [4.78, 5) is 4.34. The second-order valence-corrected chi connectivity index (χ2v) is 7.36. The van der Waals surface area contributed by atoms with Gasteiger partial charge in [-0.15, -0.1) is 5.10 Å². The summed E-state index contributed by atoms with van der Waals surface area (Å²) < 4.78 is 29.3. The maximum absolute atomic E-state index is 12.7. The third-order valence-corrected chi connectivity index (χ3v) is 5.11. The minimum atomic E-state index is -3.77. The van der Waals surface area contributed by atoms with Crippen LogP contribution in [0, 0.1) is 6.92 Å². The molecule has 0 amide bonds. The Morgan fingerprint density at radius 3 is 2.59 bits per heavy atom. The average Bonchev–Trinajstić information content (AvgIpc) is 3.34. The zero-order valence-corrected chi connectivity index (χ0v) is 14.9. The zero-order chi connectivity index (χ0) is 18.9. The molecule has 0 aliphatic heterocycles. The van der Waals surface area contributed by atoms with Crippen molar-refractivity contribution in [1.82, 2.24) is 35.4 Å². The van der Waals surface area contributed by atoms with Crippen LogP contribution in [0.2, 0.25) is 0 Å². The minimum Gasteiger partial charge on any atom is -0.280 e. The van der Waals surface area contributed by atoms with Crippen LogP contribution in [0.25, 0.3) is 17.1 Å². The van der Waals surface area contributed by atoms with Crippen LogP contribution in [0.1, 0.15) is 5.82 Å². The van der Waals surface area contributed by atoms with Crippen molar-refractivity contribution in [3.8, 4) is 17.1 Å². The number of rotatable bonds is 5. The van der Waals surface area contributed by atoms with Crippen LogP contribution < -0.4 is 4.72 Å². The fourth-order valence-electron chi connectivity index (χ4n) is 2.45. The normalized spacial score (nSPS) is 11.4. The van der Waals surface area contributed by atoms with Gasteiger partial charge in [-0.1, -0.05) is 6.07 Å². The highest BCUT2D eigenvalue weighted by Crippen LogP contribution is 2.21. The summed E-state index contributed by atoms with van der Waals surface area (Å²) >= 11 is 0. The molecule has 0 aliphatic rings. The molecule has 0 saturated heterocycles. The van der Waals surface area contributed by atoms with Gasteiger partial charge >= 0.3 is 0 Å². The van der Waals surface area contributed by atoms with Gasteiger partial charge in [0, 0.05) is 11.3 Å². The summed E-state index contributed by atoms with van der Waals surface area (Å²) in [5.41, 5.74) is 1.75. The van der Waals surface area contributed by atoms with Gasteiger partial charge in [0.15, 0.2) is 5.82 Å². The number of anilines is 1. The number of hydrogen-bond acceptors (Lipinski definition) is 7. The zero-order valence-electron chi connectivity index (χ0n) is 14.1. The van der Waals surface area contributed by atoms with Crippen LogP contribution in [-0.2, 0) is 10.0 Å². The summed E-state index contributed by atoms with van der Waals surface area (Å²) in [6.07, 6.45) is 1.39. The largest absolute Gasteiger partial charge is 0.280 e. The third-order valence-electron chi connectivity index (χ3n) is 3.73. The van der Waals surface area contributed by atoms with Crippen LogP contribution >= 0.6 is 0 Å². The van der Waals surface area contributed by atoms with Gasteiger partial charge < -0.3 is 0 Å². The maximum Gasteiger partial charge on any atom is 0.261 e. The maximum atomic E-state index is 12.7. The number of hydrogen-bond donors (Lipinski definition) is 2. The number of aromatic amines is 1. The number of nitrogens with zero attached hydrogens (tertiary/aromatic N) is 6. The van der Waals surface area contributed by atoms with E-state index in [1.807, 2.05) is 6.92 Å². The summed E-state index contributed by atoms with van der Waals surface area (Å²) in [7, 11) is -3.77. The van der Waals surface area contributed by atoms with E-state index >= 15 is 0 Å². The number of benzene rings is 2. The number of tetrazole rings is 1. The van der Waals surface area contributed by atoms with E-state index < -0.39 is 10.0 Å². The van der Waals surface area contributed by atoms with Crippen molar-refractivity contribution in [2.24, 2.45) is 0 Å². The number of sulfonamides is 1. The van der Waals surface area contributed by atoms with Gasteiger partial charge in [0.05, 0.1) is 10.6 Å². The predicted molar refractivity (Wildman–Crippen MR) is 96.5 cm³/mol. The SMILES string of the molecule is Cc1nc(-c2ccc(NS(=O)(=O)c3cccc(-n4cnnn4)c3)cc2)n[nH]1. The second kappa shape index (κ2) is 6.61. The molecule has 2 aromatic carbocycles. The molecule has 0 atom stereocenters. The average molecular weight is 382 g/mol. The molecular weight excluding hydrogens is 368 g/mol. The van der Waals surface area contributed by atoms with Gasteiger partial charge in [0.25, 0.3) is 10.0 Å². The highest BCUT2D eigenvalue weighted by Gasteiger charge is 2.15. The van der Waals surface area contributed by atoms with Gasteiger partial charge in [-0.2, -0.15) is 5.10 Å². The number of aromatic nitrogens is 7. The summed E-state index contributed by atoms with van der Waals surface area (Å²) in [6.45, 7) is 1.81. The lowest BCUT2D eigenvalue weighted by Crippen LogP contribution is -2.13. The number of H-pyrrole nitrogens is 1. The summed E-state index contributed by atoms with van der Waals surface area (Å²) in [5, 5.41) is 17.7. The van der Waals surface area contributed by atoms with Gasteiger partial charge in [-0.3, -0.25) is 9.82 Å². The molecule has 27 heavy (non-hydrogen) atoms. The molecule has 2 aromatic heterocycles. The Balaban J connectivity index is 1.57. The molecule has 0 fully saturated rings. The van der Waals surface area contributed by atoms with Crippen molar-refractivity contribution in [3.05, 3.63) is 60.7 Å². The molecule has 2 N–H and O–H groups in total. The summed E-state index contributed by atoms with van der Waals surface area (Å²) in [5.74, 6) is 1.26. The Morgan fingerprint density at radius 2 is 1.93 bits per heavy atom. The van der Waals surface area contributed by atoms with E-state index in [0.717, 1.165) is 5.56 Å². The lowest BCUT2D eigenvalue weighted by Gasteiger charge is -2.09. The van der Waals surface area contributed by atoms with E-state index in [0.29, 0.717) is 23.0 Å². The molecular formula is C16H14N8O2S. The van der Waals surface area contributed by atoms with Crippen molar-refractivity contribution in [1.29, 1.82) is 0 Å². The monoisotopic (exact) mass is 382 g/mol. The smallest absolute Gasteiger partial charge is 0.261 e. The van der Waals surface area contributed by atoms with Gasteiger partial charge in [-0.05, 0) is 59.8 Å². The molecule has 2 heterocycles. The lowest BCUT2D eigenvalue weighted by molar-refractivity contribution is 0.601. The van der Waals surface area contributed by atoms with Crippen LogP contribution in [-0.4, -0.2) is 43.8 Å². The fraction of sp³-hybridized carbons (Fsp3) is 0.0625.